The van der Waals surface area contributed by atoms with E-state index in [1.807, 2.05) is 6.92 Å². The molecule has 0 radical (unpaired) electrons. The minimum absolute atomic E-state index is 0.282. The highest BCUT2D eigenvalue weighted by atomic mass is 16.7. The van der Waals surface area contributed by atoms with Crippen LogP contribution in [0.4, 0.5) is 0 Å². The van der Waals surface area contributed by atoms with Crippen molar-refractivity contribution in [3.63, 3.8) is 0 Å². The third-order valence-electron chi connectivity index (χ3n) is 2.53. The van der Waals surface area contributed by atoms with Crippen LogP contribution in [-0.4, -0.2) is 24.6 Å². The summed E-state index contributed by atoms with van der Waals surface area (Å²) >= 11 is 0. The Hall–Kier alpha value is -1.36. The van der Waals surface area contributed by atoms with E-state index in [1.165, 1.54) is 6.92 Å². The molecule has 0 spiro atoms. The zero-order valence-electron chi connectivity index (χ0n) is 12.2. The van der Waals surface area contributed by atoms with Crippen molar-refractivity contribution in [2.24, 2.45) is 0 Å². The molecule has 1 atom stereocenters. The van der Waals surface area contributed by atoms with Gasteiger partial charge in [0.25, 0.3) is 5.91 Å². The van der Waals surface area contributed by atoms with E-state index in [1.54, 1.807) is 0 Å². The molecule has 0 fully saturated rings. The van der Waals surface area contributed by atoms with Crippen molar-refractivity contribution >= 4 is 11.9 Å². The minimum atomic E-state index is -0.614. The first-order chi connectivity index (χ1) is 9.02. The van der Waals surface area contributed by atoms with Gasteiger partial charge in [-0.25, -0.2) is 4.79 Å². The molecule has 0 saturated heterocycles. The zero-order valence-corrected chi connectivity index (χ0v) is 12.2. The molecule has 0 heterocycles. The molecule has 0 aliphatic rings. The standard InChI is InChI=1S/C14H25NO4/c1-5-7-9-12(18-10-8-6-2)14(17)19-15-13(16)11(3)4/h12H,3,5-10H2,1-2,4H3,(H,15,16). The van der Waals surface area contributed by atoms with Crippen LogP contribution in [0.1, 0.15) is 52.9 Å². The van der Waals surface area contributed by atoms with Gasteiger partial charge in [-0.3, -0.25) is 4.79 Å². The molecule has 1 amide bonds. The molecule has 0 saturated carbocycles. The molecule has 5 heteroatoms. The van der Waals surface area contributed by atoms with E-state index in [0.717, 1.165) is 25.7 Å². The molecule has 0 rings (SSSR count). The van der Waals surface area contributed by atoms with Crippen molar-refractivity contribution in [1.82, 2.24) is 5.48 Å². The molecule has 0 aromatic carbocycles. The maximum absolute atomic E-state index is 11.8. The van der Waals surface area contributed by atoms with Gasteiger partial charge in [0.1, 0.15) is 0 Å². The van der Waals surface area contributed by atoms with Gasteiger partial charge in [0.2, 0.25) is 0 Å². The fourth-order valence-electron chi connectivity index (χ4n) is 1.28. The van der Waals surface area contributed by atoms with Gasteiger partial charge in [-0.05, 0) is 19.8 Å². The van der Waals surface area contributed by atoms with Crippen LogP contribution in [0.15, 0.2) is 12.2 Å². The maximum atomic E-state index is 11.8. The van der Waals surface area contributed by atoms with E-state index in [9.17, 15) is 9.59 Å². The summed E-state index contributed by atoms with van der Waals surface area (Å²) in [4.78, 5) is 27.7. The Labute approximate surface area is 115 Å². The van der Waals surface area contributed by atoms with Gasteiger partial charge in [-0.15, -0.1) is 0 Å². The summed E-state index contributed by atoms with van der Waals surface area (Å²) in [6, 6.07) is 0. The van der Waals surface area contributed by atoms with E-state index in [2.05, 4.69) is 19.0 Å². The first-order valence-electron chi connectivity index (χ1n) is 6.81. The van der Waals surface area contributed by atoms with E-state index >= 15 is 0 Å². The number of unbranched alkanes of at least 4 members (excludes halogenated alkanes) is 2. The molecule has 0 aromatic heterocycles. The first-order valence-corrected chi connectivity index (χ1v) is 6.81. The lowest BCUT2D eigenvalue weighted by Crippen LogP contribution is -2.35. The van der Waals surface area contributed by atoms with Crippen molar-refractivity contribution < 1.29 is 19.2 Å². The molecular weight excluding hydrogens is 246 g/mol. The third-order valence-corrected chi connectivity index (χ3v) is 2.53. The Bertz CT molecular complexity index is 302. The normalized spacial score (nSPS) is 11.7. The molecule has 0 aliphatic heterocycles. The Kier molecular flexibility index (Phi) is 9.80. The van der Waals surface area contributed by atoms with Crippen molar-refractivity contribution in [3.8, 4) is 0 Å². The quantitative estimate of drug-likeness (QED) is 0.397. The number of hydrogen-bond donors (Lipinski definition) is 1. The van der Waals surface area contributed by atoms with Crippen LogP contribution in [0, 0.1) is 0 Å². The van der Waals surface area contributed by atoms with Crippen LogP contribution in [0.3, 0.4) is 0 Å². The summed E-state index contributed by atoms with van der Waals surface area (Å²) in [7, 11) is 0. The van der Waals surface area contributed by atoms with Gasteiger partial charge in [0.15, 0.2) is 6.10 Å². The van der Waals surface area contributed by atoms with Crippen LogP contribution in [0.25, 0.3) is 0 Å². The van der Waals surface area contributed by atoms with E-state index in [0.29, 0.717) is 13.0 Å². The van der Waals surface area contributed by atoms with Gasteiger partial charge in [-0.1, -0.05) is 39.7 Å². The van der Waals surface area contributed by atoms with E-state index in [4.69, 9.17) is 9.57 Å². The summed E-state index contributed by atoms with van der Waals surface area (Å²) in [5.41, 5.74) is 2.34. The smallest absolute Gasteiger partial charge is 0.360 e. The SMILES string of the molecule is C=C(C)C(=O)NOC(=O)C(CCCC)OCCCC. The minimum Gasteiger partial charge on any atom is -0.366 e. The van der Waals surface area contributed by atoms with Crippen LogP contribution in [0.5, 0.6) is 0 Å². The molecule has 0 aliphatic carbocycles. The number of hydroxylamine groups is 1. The largest absolute Gasteiger partial charge is 0.366 e. The van der Waals surface area contributed by atoms with Gasteiger partial charge < -0.3 is 9.57 Å². The molecule has 0 bridgehead atoms. The van der Waals surface area contributed by atoms with E-state index in [-0.39, 0.29) is 5.57 Å². The predicted molar refractivity (Wildman–Crippen MR) is 73.2 cm³/mol. The number of carbonyl (C=O) groups is 2. The lowest BCUT2D eigenvalue weighted by Gasteiger charge is -2.16. The molecule has 5 nitrogen and oxygen atoms in total. The van der Waals surface area contributed by atoms with Gasteiger partial charge in [0, 0.05) is 12.2 Å². The van der Waals surface area contributed by atoms with Crippen molar-refractivity contribution in [2.75, 3.05) is 6.61 Å². The molecular formula is C14H25NO4. The Morgan fingerprint density at radius 3 is 2.37 bits per heavy atom. The van der Waals surface area contributed by atoms with Crippen LogP contribution >= 0.6 is 0 Å². The second-order valence-electron chi connectivity index (χ2n) is 4.49. The number of rotatable bonds is 9. The van der Waals surface area contributed by atoms with Crippen molar-refractivity contribution in [1.29, 1.82) is 0 Å². The van der Waals surface area contributed by atoms with Crippen molar-refractivity contribution in [3.05, 3.63) is 12.2 Å². The highest BCUT2D eigenvalue weighted by Crippen LogP contribution is 2.08. The number of amides is 1. The molecule has 19 heavy (non-hydrogen) atoms. The fourth-order valence-corrected chi connectivity index (χ4v) is 1.28. The Morgan fingerprint density at radius 1 is 1.21 bits per heavy atom. The van der Waals surface area contributed by atoms with Crippen molar-refractivity contribution in [2.45, 2.75) is 59.0 Å². The van der Waals surface area contributed by atoms with Gasteiger partial charge in [-0.2, -0.15) is 5.48 Å². The lowest BCUT2D eigenvalue weighted by molar-refractivity contribution is -0.169. The summed E-state index contributed by atoms with van der Waals surface area (Å²) in [5.74, 6) is -1.06. The Balaban J connectivity index is 4.19. The first kappa shape index (κ1) is 17.6. The second kappa shape index (κ2) is 10.6. The fraction of sp³-hybridized carbons (Fsp3) is 0.714. The molecule has 1 unspecified atom stereocenters. The monoisotopic (exact) mass is 271 g/mol. The summed E-state index contributed by atoms with van der Waals surface area (Å²) < 4.78 is 5.49. The Morgan fingerprint density at radius 2 is 1.84 bits per heavy atom. The number of carbonyl (C=O) groups excluding carboxylic acids is 2. The van der Waals surface area contributed by atoms with E-state index < -0.39 is 18.0 Å². The number of hydrogen-bond acceptors (Lipinski definition) is 4. The average Bonchev–Trinajstić information content (AvgIpc) is 2.39. The maximum Gasteiger partial charge on any atom is 0.360 e. The topological polar surface area (TPSA) is 64.6 Å². The van der Waals surface area contributed by atoms with Gasteiger partial charge >= 0.3 is 5.97 Å². The third kappa shape index (κ3) is 8.37. The van der Waals surface area contributed by atoms with Gasteiger partial charge in [0.05, 0.1) is 0 Å². The lowest BCUT2D eigenvalue weighted by atomic mass is 10.1. The highest BCUT2D eigenvalue weighted by molar-refractivity contribution is 5.92. The second-order valence-corrected chi connectivity index (χ2v) is 4.49. The summed E-state index contributed by atoms with van der Waals surface area (Å²) in [5, 5.41) is 0. The number of nitrogens with one attached hydrogen (secondary N) is 1. The predicted octanol–water partition coefficient (Wildman–Crippen LogP) is 2.51. The molecule has 1 N–H and O–H groups in total. The summed E-state index contributed by atoms with van der Waals surface area (Å²) in [6.07, 6.45) is 3.73. The summed E-state index contributed by atoms with van der Waals surface area (Å²) in [6.45, 7) is 9.60. The van der Waals surface area contributed by atoms with Crippen LogP contribution in [0.2, 0.25) is 0 Å². The average molecular weight is 271 g/mol. The van der Waals surface area contributed by atoms with Crippen LogP contribution < -0.4 is 5.48 Å². The van der Waals surface area contributed by atoms with Crippen LogP contribution in [-0.2, 0) is 19.2 Å². The highest BCUT2D eigenvalue weighted by Gasteiger charge is 2.21. The number of ether oxygens (including phenoxy) is 1. The molecule has 0 aromatic rings. The molecule has 110 valence electrons. The zero-order chi connectivity index (χ0) is 14.7.